The van der Waals surface area contributed by atoms with Crippen LogP contribution in [0.15, 0.2) is 29.1 Å². The van der Waals surface area contributed by atoms with Gasteiger partial charge in [-0.2, -0.15) is 5.10 Å². The standard InChI is InChI=1S/C21H25ClN6S3/c1-25(13-17-19(22)23-20-26(17)9-11-31-20)14-27-21(29)28(15-6-3-2-4-7-15)18(24-27)12-16-8-5-10-30-16/h5,8-11,15H,2-4,6-7,12-14H2,1H3. The van der Waals surface area contributed by atoms with E-state index in [1.807, 2.05) is 16.3 Å². The molecule has 5 rings (SSSR count). The van der Waals surface area contributed by atoms with Crippen molar-refractivity contribution >= 4 is 51.5 Å². The summed E-state index contributed by atoms with van der Waals surface area (Å²) in [6, 6.07) is 4.74. The van der Waals surface area contributed by atoms with Crippen molar-refractivity contribution in [3.05, 3.63) is 55.4 Å². The van der Waals surface area contributed by atoms with Crippen LogP contribution < -0.4 is 0 Å². The lowest BCUT2D eigenvalue weighted by atomic mass is 9.95. The van der Waals surface area contributed by atoms with Crippen LogP contribution >= 0.6 is 46.5 Å². The molecule has 0 aromatic carbocycles. The van der Waals surface area contributed by atoms with Crippen LogP contribution in [-0.2, 0) is 19.6 Å². The maximum absolute atomic E-state index is 6.40. The van der Waals surface area contributed by atoms with Gasteiger partial charge in [-0.3, -0.25) is 9.30 Å². The summed E-state index contributed by atoms with van der Waals surface area (Å²) < 4.78 is 7.20. The monoisotopic (exact) mass is 492 g/mol. The van der Waals surface area contributed by atoms with Crippen LogP contribution in [0.3, 0.4) is 0 Å². The zero-order valence-electron chi connectivity index (χ0n) is 17.4. The number of thiazole rings is 1. The Morgan fingerprint density at radius 1 is 1.23 bits per heavy atom. The number of thiophene rings is 1. The number of hydrogen-bond acceptors (Lipinski definition) is 6. The van der Waals surface area contributed by atoms with E-state index in [1.165, 1.54) is 37.0 Å². The predicted molar refractivity (Wildman–Crippen MR) is 130 cm³/mol. The molecule has 1 aliphatic rings. The summed E-state index contributed by atoms with van der Waals surface area (Å²) in [5, 5.41) is 9.71. The van der Waals surface area contributed by atoms with Crippen LogP contribution in [0.4, 0.5) is 0 Å². The van der Waals surface area contributed by atoms with E-state index in [4.69, 9.17) is 28.9 Å². The minimum atomic E-state index is 0.463. The third-order valence-corrected chi connectivity index (χ3v) is 8.24. The molecule has 0 bridgehead atoms. The second-order valence-electron chi connectivity index (χ2n) is 8.18. The first-order valence-corrected chi connectivity index (χ1v) is 13.1. The number of halogens is 1. The van der Waals surface area contributed by atoms with Crippen molar-refractivity contribution in [2.75, 3.05) is 7.05 Å². The van der Waals surface area contributed by atoms with Crippen LogP contribution in [0.5, 0.6) is 0 Å². The maximum Gasteiger partial charge on any atom is 0.199 e. The molecule has 0 N–H and O–H groups in total. The molecule has 10 heteroatoms. The van der Waals surface area contributed by atoms with Crippen molar-refractivity contribution in [2.24, 2.45) is 0 Å². The lowest BCUT2D eigenvalue weighted by Crippen LogP contribution is -2.23. The Morgan fingerprint density at radius 3 is 2.84 bits per heavy atom. The molecule has 164 valence electrons. The summed E-state index contributed by atoms with van der Waals surface area (Å²) in [4.78, 5) is 8.88. The van der Waals surface area contributed by atoms with E-state index < -0.39 is 0 Å². The summed E-state index contributed by atoms with van der Waals surface area (Å²) in [6.45, 7) is 1.29. The molecule has 0 unspecified atom stereocenters. The Kier molecular flexibility index (Phi) is 6.30. The fourth-order valence-electron chi connectivity index (χ4n) is 4.43. The largest absolute Gasteiger partial charge is 0.301 e. The summed E-state index contributed by atoms with van der Waals surface area (Å²) >= 11 is 15.7. The molecule has 0 radical (unpaired) electrons. The molecule has 1 saturated carbocycles. The minimum Gasteiger partial charge on any atom is -0.301 e. The molecule has 1 fully saturated rings. The van der Waals surface area contributed by atoms with Crippen molar-refractivity contribution in [1.29, 1.82) is 0 Å². The molecule has 6 nitrogen and oxygen atoms in total. The first kappa shape index (κ1) is 21.3. The van der Waals surface area contributed by atoms with Crippen molar-refractivity contribution in [3.63, 3.8) is 0 Å². The average molecular weight is 493 g/mol. The highest BCUT2D eigenvalue weighted by Gasteiger charge is 2.23. The van der Waals surface area contributed by atoms with E-state index in [9.17, 15) is 0 Å². The molecule has 4 heterocycles. The van der Waals surface area contributed by atoms with Gasteiger partial charge in [0.25, 0.3) is 0 Å². The third-order valence-electron chi connectivity index (χ3n) is 5.90. The smallest absolute Gasteiger partial charge is 0.199 e. The molecule has 4 aromatic heterocycles. The Morgan fingerprint density at radius 2 is 2.06 bits per heavy atom. The summed E-state index contributed by atoms with van der Waals surface area (Å²) in [7, 11) is 2.07. The highest BCUT2D eigenvalue weighted by molar-refractivity contribution is 7.71. The molecular formula is C21H25ClN6S3. The number of rotatable bonds is 7. The zero-order chi connectivity index (χ0) is 21.4. The topological polar surface area (TPSA) is 43.3 Å². The Hall–Kier alpha value is -1.52. The van der Waals surface area contributed by atoms with E-state index in [0.29, 0.717) is 24.4 Å². The van der Waals surface area contributed by atoms with Crippen LogP contribution in [0.2, 0.25) is 5.15 Å². The second-order valence-corrected chi connectivity index (χ2v) is 10.8. The number of fused-ring (bicyclic) bond motifs is 1. The predicted octanol–water partition coefficient (Wildman–Crippen LogP) is 6.02. The van der Waals surface area contributed by atoms with Gasteiger partial charge < -0.3 is 4.57 Å². The molecule has 4 aromatic rings. The van der Waals surface area contributed by atoms with Crippen LogP contribution in [-0.4, -0.2) is 35.7 Å². The van der Waals surface area contributed by atoms with Gasteiger partial charge in [0.1, 0.15) is 5.82 Å². The summed E-state index contributed by atoms with van der Waals surface area (Å²) in [5.74, 6) is 1.08. The van der Waals surface area contributed by atoms with Crippen molar-refractivity contribution in [2.45, 2.75) is 57.8 Å². The van der Waals surface area contributed by atoms with Gasteiger partial charge in [0.05, 0.1) is 12.4 Å². The minimum absolute atomic E-state index is 0.463. The Bertz CT molecular complexity index is 1210. The molecule has 0 aliphatic heterocycles. The van der Waals surface area contributed by atoms with Crippen molar-refractivity contribution in [1.82, 2.24) is 28.6 Å². The van der Waals surface area contributed by atoms with Gasteiger partial charge in [0.15, 0.2) is 14.9 Å². The van der Waals surface area contributed by atoms with E-state index in [-0.39, 0.29) is 0 Å². The van der Waals surface area contributed by atoms with Gasteiger partial charge in [0, 0.05) is 35.5 Å². The van der Waals surface area contributed by atoms with Gasteiger partial charge >= 0.3 is 0 Å². The molecular weight excluding hydrogens is 468 g/mol. The van der Waals surface area contributed by atoms with Gasteiger partial charge in [0.2, 0.25) is 0 Å². The first-order valence-electron chi connectivity index (χ1n) is 10.6. The summed E-state index contributed by atoms with van der Waals surface area (Å²) in [5.41, 5.74) is 0.998. The van der Waals surface area contributed by atoms with Gasteiger partial charge in [-0.25, -0.2) is 9.67 Å². The van der Waals surface area contributed by atoms with Gasteiger partial charge in [-0.05, 0) is 43.6 Å². The van der Waals surface area contributed by atoms with Crippen molar-refractivity contribution in [3.8, 4) is 0 Å². The first-order chi connectivity index (χ1) is 15.1. The SMILES string of the molecule is CN(Cc1c(Cl)nc2sccn12)Cn1nc(Cc2cccs2)n(C2CCCCC2)c1=S. The van der Waals surface area contributed by atoms with E-state index in [2.05, 4.69) is 43.4 Å². The highest BCUT2D eigenvalue weighted by atomic mass is 35.5. The van der Waals surface area contributed by atoms with E-state index in [0.717, 1.165) is 27.7 Å². The average Bonchev–Trinajstić information content (AvgIpc) is 3.53. The molecule has 0 atom stereocenters. The number of imidazole rings is 1. The lowest BCUT2D eigenvalue weighted by Gasteiger charge is -2.24. The lowest BCUT2D eigenvalue weighted by molar-refractivity contribution is 0.239. The Balaban J connectivity index is 1.41. The van der Waals surface area contributed by atoms with Crippen LogP contribution in [0, 0.1) is 4.77 Å². The quantitative estimate of drug-likeness (QED) is 0.296. The summed E-state index contributed by atoms with van der Waals surface area (Å²) in [6.07, 6.45) is 9.09. The maximum atomic E-state index is 6.40. The van der Waals surface area contributed by atoms with Gasteiger partial charge in [-0.1, -0.05) is 36.9 Å². The molecule has 1 aliphatic carbocycles. The van der Waals surface area contributed by atoms with Gasteiger partial charge in [-0.15, -0.1) is 22.7 Å². The van der Waals surface area contributed by atoms with Crippen molar-refractivity contribution < 1.29 is 0 Å². The number of aromatic nitrogens is 5. The fourth-order valence-corrected chi connectivity index (χ4v) is 6.50. The third kappa shape index (κ3) is 4.39. The normalized spacial score (nSPS) is 15.5. The second kappa shape index (κ2) is 9.15. The highest BCUT2D eigenvalue weighted by Crippen LogP contribution is 2.30. The molecule has 31 heavy (non-hydrogen) atoms. The number of nitrogens with zero attached hydrogens (tertiary/aromatic N) is 6. The fraction of sp³-hybridized carbons (Fsp3) is 0.476. The Labute approximate surface area is 199 Å². The zero-order valence-corrected chi connectivity index (χ0v) is 20.6. The van der Waals surface area contributed by atoms with E-state index in [1.54, 1.807) is 22.7 Å². The molecule has 0 spiro atoms. The van der Waals surface area contributed by atoms with E-state index >= 15 is 0 Å². The van der Waals surface area contributed by atoms with Crippen LogP contribution in [0.25, 0.3) is 4.96 Å². The van der Waals surface area contributed by atoms with Crippen LogP contribution in [0.1, 0.15) is 54.5 Å². The molecule has 0 amide bonds. The number of hydrogen-bond donors (Lipinski definition) is 0. The molecule has 0 saturated heterocycles.